The smallest absolute Gasteiger partial charge is 0.341 e. The Morgan fingerprint density at radius 1 is 0.717 bits per heavy atom. The van der Waals surface area contributed by atoms with Crippen molar-refractivity contribution >= 4 is 44.1 Å². The van der Waals surface area contributed by atoms with E-state index in [0.29, 0.717) is 11.3 Å². The summed E-state index contributed by atoms with van der Waals surface area (Å²) in [6.07, 6.45) is 2.08. The Balaban J connectivity index is 1.45. The fourth-order valence-corrected chi connectivity index (χ4v) is 7.89. The summed E-state index contributed by atoms with van der Waals surface area (Å²) in [7, 11) is 0. The first-order valence-electron chi connectivity index (χ1n) is 15.8. The highest BCUT2D eigenvalue weighted by molar-refractivity contribution is 6.02. The van der Waals surface area contributed by atoms with Gasteiger partial charge in [-0.2, -0.15) is 0 Å². The summed E-state index contributed by atoms with van der Waals surface area (Å²) in [4.78, 5) is 19.4. The highest BCUT2D eigenvalue weighted by Crippen LogP contribution is 2.52. The van der Waals surface area contributed by atoms with E-state index in [-0.39, 0.29) is 5.97 Å². The Labute approximate surface area is 266 Å². The number of nitrogens with zero attached hydrogens (tertiary/aromatic N) is 3. The number of hydrogen-bond donors (Lipinski definition) is 0. The Morgan fingerprint density at radius 2 is 1.43 bits per heavy atom. The van der Waals surface area contributed by atoms with E-state index in [1.807, 2.05) is 36.4 Å². The molecule has 0 bridgehead atoms. The minimum Gasteiger partial charge on any atom is -0.437 e. The van der Waals surface area contributed by atoms with Gasteiger partial charge in [0.25, 0.3) is 0 Å². The molecule has 0 spiro atoms. The fourth-order valence-electron chi connectivity index (χ4n) is 7.89. The van der Waals surface area contributed by atoms with Crippen LogP contribution in [-0.4, -0.2) is 19.9 Å². The minimum absolute atomic E-state index is 0.365. The fraction of sp³-hybridized carbons (Fsp3) is 0.122. The molecule has 0 fully saturated rings. The van der Waals surface area contributed by atoms with E-state index in [1.54, 1.807) is 0 Å². The number of rotatable bonds is 4. The second kappa shape index (κ2) is 9.66. The van der Waals surface area contributed by atoms with Crippen molar-refractivity contribution in [1.29, 1.82) is 0 Å². The van der Waals surface area contributed by atoms with Crippen molar-refractivity contribution in [3.05, 3.63) is 155 Å². The van der Waals surface area contributed by atoms with Crippen molar-refractivity contribution in [3.8, 4) is 11.1 Å². The maximum Gasteiger partial charge on any atom is 0.341 e. The van der Waals surface area contributed by atoms with Crippen LogP contribution in [0.3, 0.4) is 0 Å². The number of fused-ring (bicyclic) bond motifs is 5. The molecule has 5 nitrogen and oxygen atoms in total. The van der Waals surface area contributed by atoms with Gasteiger partial charge in [0.2, 0.25) is 5.60 Å². The molecule has 46 heavy (non-hydrogen) atoms. The van der Waals surface area contributed by atoms with Crippen LogP contribution in [0, 0.1) is 13.8 Å². The number of carbonyl (C=O) groups is 1. The van der Waals surface area contributed by atoms with Gasteiger partial charge in [0.15, 0.2) is 0 Å². The quantitative estimate of drug-likeness (QED) is 0.190. The molecule has 4 aromatic heterocycles. The lowest BCUT2D eigenvalue weighted by Crippen LogP contribution is -2.33. The first kappa shape index (κ1) is 26.7. The molecular formula is C41H31N3O2. The van der Waals surface area contributed by atoms with Gasteiger partial charge in [-0.05, 0) is 79.1 Å². The van der Waals surface area contributed by atoms with E-state index in [9.17, 15) is 4.79 Å². The number of hydrogen-bond acceptors (Lipinski definition) is 3. The summed E-state index contributed by atoms with van der Waals surface area (Å²) < 4.78 is 11.3. The number of pyridine rings is 2. The Kier molecular flexibility index (Phi) is 5.61. The summed E-state index contributed by atoms with van der Waals surface area (Å²) in [6.45, 7) is 7.27. The molecule has 0 saturated heterocycles. The van der Waals surface area contributed by atoms with Gasteiger partial charge in [-0.25, -0.2) is 9.78 Å². The molecule has 0 N–H and O–H groups in total. The summed E-state index contributed by atoms with van der Waals surface area (Å²) in [5.74, 6) is -0.365. The molecule has 1 unspecified atom stereocenters. The normalized spacial score (nSPS) is 16.1. The number of ether oxygens (including phenoxy) is 1. The topological polar surface area (TPSA) is 48.5 Å². The average molecular weight is 598 g/mol. The standard InChI is InChI=1S/C41H31N3O2/c1-4-43-26(3)38(31-16-8-10-18-35(31)43)41(39-33(40(45)46-41)23-28-14-6-9-17-34(28)42-39)37-24-32(36-19-11-12-22-44(36)37)30-21-20-27-13-5-7-15-29(27)25(30)2/h5-24H,4H2,1-3H3. The summed E-state index contributed by atoms with van der Waals surface area (Å²) in [5, 5.41) is 4.39. The van der Waals surface area contributed by atoms with Crippen molar-refractivity contribution in [2.24, 2.45) is 0 Å². The molecule has 1 aliphatic heterocycles. The van der Waals surface area contributed by atoms with E-state index >= 15 is 0 Å². The Bertz CT molecular complexity index is 2550. The molecule has 9 rings (SSSR count). The lowest BCUT2D eigenvalue weighted by atomic mass is 9.83. The number of carbonyl (C=O) groups excluding carboxylic acids is 1. The predicted octanol–water partition coefficient (Wildman–Crippen LogP) is 9.36. The van der Waals surface area contributed by atoms with Crippen molar-refractivity contribution in [2.45, 2.75) is 32.9 Å². The molecule has 0 saturated carbocycles. The zero-order valence-electron chi connectivity index (χ0n) is 25.9. The number of aromatic nitrogens is 3. The molecule has 5 heteroatoms. The van der Waals surface area contributed by atoms with Crippen LogP contribution < -0.4 is 0 Å². The Hall–Kier alpha value is -5.68. The highest BCUT2D eigenvalue weighted by Gasteiger charge is 2.54. The molecule has 1 aliphatic rings. The van der Waals surface area contributed by atoms with E-state index in [1.165, 1.54) is 16.3 Å². The van der Waals surface area contributed by atoms with Gasteiger partial charge in [0.05, 0.1) is 22.3 Å². The van der Waals surface area contributed by atoms with Crippen LogP contribution in [0.15, 0.2) is 121 Å². The molecule has 222 valence electrons. The van der Waals surface area contributed by atoms with Crippen molar-refractivity contribution in [2.75, 3.05) is 0 Å². The second-order valence-corrected chi connectivity index (χ2v) is 12.2. The van der Waals surface area contributed by atoms with Gasteiger partial charge >= 0.3 is 5.97 Å². The predicted molar refractivity (Wildman–Crippen MR) is 184 cm³/mol. The maximum atomic E-state index is 14.1. The van der Waals surface area contributed by atoms with Crippen molar-refractivity contribution in [3.63, 3.8) is 0 Å². The summed E-state index contributed by atoms with van der Waals surface area (Å²) in [5.41, 5.74) is 9.09. The SMILES string of the molecule is CCn1c(C)c(C2(c3cc(-c4ccc5ccccc5c4C)c4ccccn34)OC(=O)c3cc4ccccc4nc32)c2ccccc21. The van der Waals surface area contributed by atoms with Crippen LogP contribution in [-0.2, 0) is 16.9 Å². The van der Waals surface area contributed by atoms with E-state index in [2.05, 4.69) is 115 Å². The van der Waals surface area contributed by atoms with Gasteiger partial charge in [0.1, 0.15) is 5.69 Å². The molecule has 5 heterocycles. The maximum absolute atomic E-state index is 14.1. The van der Waals surface area contributed by atoms with Crippen molar-refractivity contribution < 1.29 is 9.53 Å². The van der Waals surface area contributed by atoms with Crippen molar-refractivity contribution in [1.82, 2.24) is 14.0 Å². The molecule has 1 atom stereocenters. The van der Waals surface area contributed by atoms with Gasteiger partial charge in [0, 0.05) is 45.9 Å². The third kappa shape index (κ3) is 3.45. The number of cyclic esters (lactones) is 1. The van der Waals surface area contributed by atoms with Crippen LogP contribution in [0.4, 0.5) is 0 Å². The van der Waals surface area contributed by atoms with Crippen LogP contribution in [0.5, 0.6) is 0 Å². The third-order valence-corrected chi connectivity index (χ3v) is 9.95. The summed E-state index contributed by atoms with van der Waals surface area (Å²) in [6, 6.07) is 39.7. The number of esters is 1. The van der Waals surface area contributed by atoms with Gasteiger partial charge in [-0.3, -0.25) is 0 Å². The average Bonchev–Trinajstić information content (AvgIpc) is 3.71. The van der Waals surface area contributed by atoms with E-state index in [4.69, 9.17) is 9.72 Å². The first-order chi connectivity index (χ1) is 22.5. The van der Waals surface area contributed by atoms with Crippen LogP contribution in [0.2, 0.25) is 0 Å². The largest absolute Gasteiger partial charge is 0.437 e. The molecule has 8 aromatic rings. The zero-order valence-corrected chi connectivity index (χ0v) is 25.9. The molecule has 0 aliphatic carbocycles. The Morgan fingerprint density at radius 3 is 2.28 bits per heavy atom. The third-order valence-electron chi connectivity index (χ3n) is 9.95. The number of aryl methyl sites for hydroxylation is 2. The lowest BCUT2D eigenvalue weighted by Gasteiger charge is -2.29. The monoisotopic (exact) mass is 597 g/mol. The van der Waals surface area contributed by atoms with E-state index in [0.717, 1.165) is 61.9 Å². The van der Waals surface area contributed by atoms with Gasteiger partial charge in [-0.1, -0.05) is 78.9 Å². The molecule has 0 radical (unpaired) electrons. The van der Waals surface area contributed by atoms with Gasteiger partial charge < -0.3 is 13.7 Å². The van der Waals surface area contributed by atoms with E-state index < -0.39 is 5.60 Å². The lowest BCUT2D eigenvalue weighted by molar-refractivity contribution is 0.0231. The summed E-state index contributed by atoms with van der Waals surface area (Å²) >= 11 is 0. The van der Waals surface area contributed by atoms with Gasteiger partial charge in [-0.15, -0.1) is 0 Å². The molecule has 0 amide bonds. The highest BCUT2D eigenvalue weighted by atomic mass is 16.6. The molecule has 4 aromatic carbocycles. The second-order valence-electron chi connectivity index (χ2n) is 12.2. The zero-order chi connectivity index (χ0) is 31.2. The number of para-hydroxylation sites is 2. The van der Waals surface area contributed by atoms with Crippen LogP contribution in [0.1, 0.15) is 45.5 Å². The first-order valence-corrected chi connectivity index (χ1v) is 15.8. The number of benzene rings is 4. The van der Waals surface area contributed by atoms with Crippen LogP contribution in [0.25, 0.3) is 49.2 Å². The minimum atomic E-state index is -1.30. The van der Waals surface area contributed by atoms with Crippen LogP contribution >= 0.6 is 0 Å². The molecular weight excluding hydrogens is 566 g/mol.